The molecule has 3 aromatic rings. The van der Waals surface area contributed by atoms with E-state index < -0.39 is 10.0 Å². The lowest BCUT2D eigenvalue weighted by Crippen LogP contribution is -2.33. The highest BCUT2D eigenvalue weighted by atomic mass is 32.2. The molecule has 2 aliphatic rings. The third-order valence-corrected chi connectivity index (χ3v) is 8.71. The number of aromatic nitrogens is 2. The van der Waals surface area contributed by atoms with Crippen molar-refractivity contribution in [3.05, 3.63) is 46.1 Å². The maximum absolute atomic E-state index is 11.5. The lowest BCUT2D eigenvalue weighted by molar-refractivity contribution is 0.181. The zero-order chi connectivity index (χ0) is 23.9. The molecule has 1 aliphatic heterocycles. The van der Waals surface area contributed by atoms with E-state index in [0.29, 0.717) is 5.69 Å². The second-order valence-corrected chi connectivity index (χ2v) is 12.7. The van der Waals surface area contributed by atoms with Crippen LogP contribution in [0, 0.1) is 5.92 Å². The van der Waals surface area contributed by atoms with Crippen LogP contribution in [0.3, 0.4) is 0 Å². The Morgan fingerprint density at radius 3 is 2.59 bits per heavy atom. The Morgan fingerprint density at radius 1 is 1.15 bits per heavy atom. The SMILES string of the molecule is CC1CCN(Cc2nc(N[C@@H](C)c3ccc(NS(C)(=O)=O)cc3)c3c4c(sc3n2)CCC4)CC1. The average molecular weight is 500 g/mol. The monoisotopic (exact) mass is 499 g/mol. The molecule has 1 atom stereocenters. The van der Waals surface area contributed by atoms with Crippen LogP contribution in [0.25, 0.3) is 10.2 Å². The van der Waals surface area contributed by atoms with E-state index in [4.69, 9.17) is 9.97 Å². The van der Waals surface area contributed by atoms with Crippen molar-refractivity contribution in [1.82, 2.24) is 14.9 Å². The molecule has 0 unspecified atom stereocenters. The number of piperidine rings is 1. The summed E-state index contributed by atoms with van der Waals surface area (Å²) in [6.45, 7) is 7.46. The van der Waals surface area contributed by atoms with Gasteiger partial charge >= 0.3 is 0 Å². The van der Waals surface area contributed by atoms with Gasteiger partial charge < -0.3 is 5.32 Å². The van der Waals surface area contributed by atoms with Crippen LogP contribution in [0.2, 0.25) is 0 Å². The number of rotatable bonds is 7. The molecule has 0 amide bonds. The summed E-state index contributed by atoms with van der Waals surface area (Å²) in [6.07, 6.45) is 7.07. The van der Waals surface area contributed by atoms with E-state index >= 15 is 0 Å². The number of fused-ring (bicyclic) bond motifs is 3. The Hall–Kier alpha value is -2.23. The molecular formula is C25H33N5O2S2. The van der Waals surface area contributed by atoms with Gasteiger partial charge in [0.15, 0.2) is 0 Å². The normalized spacial score (nSPS) is 18.2. The number of hydrogen-bond donors (Lipinski definition) is 2. The van der Waals surface area contributed by atoms with E-state index in [9.17, 15) is 8.42 Å². The number of aryl methyl sites for hydroxylation is 2. The molecule has 1 aromatic carbocycles. The third-order valence-electron chi connectivity index (χ3n) is 6.92. The van der Waals surface area contributed by atoms with E-state index in [1.54, 1.807) is 12.1 Å². The first kappa shape index (κ1) is 23.5. The highest BCUT2D eigenvalue weighted by Crippen LogP contribution is 2.40. The summed E-state index contributed by atoms with van der Waals surface area (Å²) in [5, 5.41) is 4.86. The predicted octanol–water partition coefficient (Wildman–Crippen LogP) is 4.96. The fourth-order valence-electron chi connectivity index (χ4n) is 4.98. The van der Waals surface area contributed by atoms with Gasteiger partial charge in [0.1, 0.15) is 16.5 Å². The van der Waals surface area contributed by atoms with Crippen molar-refractivity contribution in [3.8, 4) is 0 Å². The zero-order valence-electron chi connectivity index (χ0n) is 20.1. The van der Waals surface area contributed by atoms with Crippen LogP contribution in [-0.2, 0) is 29.4 Å². The van der Waals surface area contributed by atoms with Crippen molar-refractivity contribution in [2.24, 2.45) is 5.92 Å². The largest absolute Gasteiger partial charge is 0.363 e. The number of nitrogens with one attached hydrogen (secondary N) is 2. The highest BCUT2D eigenvalue weighted by molar-refractivity contribution is 7.92. The van der Waals surface area contributed by atoms with Crippen LogP contribution in [0.4, 0.5) is 11.5 Å². The summed E-state index contributed by atoms with van der Waals surface area (Å²) >= 11 is 1.83. The molecule has 2 N–H and O–H groups in total. The maximum atomic E-state index is 11.5. The van der Waals surface area contributed by atoms with Crippen molar-refractivity contribution in [2.75, 3.05) is 29.4 Å². The molecule has 1 fully saturated rings. The average Bonchev–Trinajstić information content (AvgIpc) is 3.36. The second-order valence-electron chi connectivity index (χ2n) is 9.85. The Kier molecular flexibility index (Phi) is 6.52. The molecule has 3 heterocycles. The Balaban J connectivity index is 1.41. The van der Waals surface area contributed by atoms with Crippen molar-refractivity contribution >= 4 is 43.1 Å². The molecule has 2 aromatic heterocycles. The number of thiophene rings is 1. The smallest absolute Gasteiger partial charge is 0.229 e. The number of anilines is 2. The summed E-state index contributed by atoms with van der Waals surface area (Å²) in [5.41, 5.74) is 3.06. The Morgan fingerprint density at radius 2 is 1.88 bits per heavy atom. The maximum Gasteiger partial charge on any atom is 0.229 e. The molecular weight excluding hydrogens is 466 g/mol. The molecule has 34 heavy (non-hydrogen) atoms. The van der Waals surface area contributed by atoms with E-state index in [1.165, 1.54) is 35.1 Å². The van der Waals surface area contributed by atoms with Gasteiger partial charge in [-0.1, -0.05) is 19.1 Å². The molecule has 0 radical (unpaired) electrons. The van der Waals surface area contributed by atoms with Crippen molar-refractivity contribution in [3.63, 3.8) is 0 Å². The molecule has 0 saturated carbocycles. The number of nitrogens with zero attached hydrogens (tertiary/aromatic N) is 3. The first-order chi connectivity index (χ1) is 16.2. The van der Waals surface area contributed by atoms with E-state index in [1.807, 2.05) is 23.5 Å². The van der Waals surface area contributed by atoms with Crippen LogP contribution in [-0.4, -0.2) is 42.6 Å². The fourth-order valence-corrected chi connectivity index (χ4v) is 6.82. The molecule has 5 rings (SSSR count). The summed E-state index contributed by atoms with van der Waals surface area (Å²) in [6, 6.07) is 7.53. The second kappa shape index (κ2) is 9.43. The first-order valence-corrected chi connectivity index (χ1v) is 14.8. The number of likely N-dealkylation sites (tertiary alicyclic amines) is 1. The summed E-state index contributed by atoms with van der Waals surface area (Å²) in [4.78, 5) is 15.1. The van der Waals surface area contributed by atoms with Gasteiger partial charge in [0.25, 0.3) is 0 Å². The fraction of sp³-hybridized carbons (Fsp3) is 0.520. The lowest BCUT2D eigenvalue weighted by Gasteiger charge is -2.29. The molecule has 0 spiro atoms. The highest BCUT2D eigenvalue weighted by Gasteiger charge is 2.24. The van der Waals surface area contributed by atoms with Gasteiger partial charge in [-0.2, -0.15) is 0 Å². The van der Waals surface area contributed by atoms with Crippen LogP contribution in [0.15, 0.2) is 24.3 Å². The van der Waals surface area contributed by atoms with Crippen LogP contribution in [0.5, 0.6) is 0 Å². The predicted molar refractivity (Wildman–Crippen MR) is 140 cm³/mol. The summed E-state index contributed by atoms with van der Waals surface area (Å²) in [5.74, 6) is 2.62. The minimum Gasteiger partial charge on any atom is -0.363 e. The van der Waals surface area contributed by atoms with Crippen LogP contribution >= 0.6 is 11.3 Å². The van der Waals surface area contributed by atoms with Gasteiger partial charge in [-0.05, 0) is 81.3 Å². The lowest BCUT2D eigenvalue weighted by atomic mass is 9.99. The Labute approximate surface area is 206 Å². The van der Waals surface area contributed by atoms with Crippen molar-refractivity contribution in [1.29, 1.82) is 0 Å². The minimum absolute atomic E-state index is 0.0195. The molecule has 182 valence electrons. The zero-order valence-corrected chi connectivity index (χ0v) is 21.7. The molecule has 7 nitrogen and oxygen atoms in total. The molecule has 1 aliphatic carbocycles. The van der Waals surface area contributed by atoms with Gasteiger partial charge in [-0.25, -0.2) is 18.4 Å². The molecule has 1 saturated heterocycles. The Bertz CT molecular complexity index is 1280. The van der Waals surface area contributed by atoms with Gasteiger partial charge in [0.2, 0.25) is 10.0 Å². The van der Waals surface area contributed by atoms with E-state index in [2.05, 4.69) is 28.8 Å². The number of benzene rings is 1. The topological polar surface area (TPSA) is 87.2 Å². The minimum atomic E-state index is -3.29. The van der Waals surface area contributed by atoms with Gasteiger partial charge in [0, 0.05) is 16.6 Å². The van der Waals surface area contributed by atoms with Gasteiger partial charge in [0.05, 0.1) is 18.2 Å². The standard InChI is InChI=1S/C25H33N5O2S2/c1-16-11-13-30(14-12-16)15-22-27-24(23-20-5-4-6-21(20)33-25(23)28-22)26-17(2)18-7-9-19(10-8-18)29-34(3,31)32/h7-10,16-17,29H,4-6,11-15H2,1-3H3,(H,26,27,28)/t17-/m0/s1. The van der Waals surface area contributed by atoms with Crippen molar-refractivity contribution in [2.45, 2.75) is 58.5 Å². The van der Waals surface area contributed by atoms with E-state index in [-0.39, 0.29) is 6.04 Å². The number of sulfonamides is 1. The molecule has 9 heteroatoms. The molecule has 0 bridgehead atoms. The van der Waals surface area contributed by atoms with Crippen molar-refractivity contribution < 1.29 is 8.42 Å². The van der Waals surface area contributed by atoms with Gasteiger partial charge in [-0.15, -0.1) is 11.3 Å². The van der Waals surface area contributed by atoms with Crippen LogP contribution < -0.4 is 10.0 Å². The summed E-state index contributed by atoms with van der Waals surface area (Å²) in [7, 11) is -3.29. The van der Waals surface area contributed by atoms with E-state index in [0.717, 1.165) is 66.7 Å². The first-order valence-electron chi connectivity index (χ1n) is 12.1. The van der Waals surface area contributed by atoms with Crippen LogP contribution in [0.1, 0.15) is 61.0 Å². The summed E-state index contributed by atoms with van der Waals surface area (Å²) < 4.78 is 25.5. The van der Waals surface area contributed by atoms with Gasteiger partial charge in [-0.3, -0.25) is 9.62 Å². The quantitative estimate of drug-likeness (QED) is 0.478. The third kappa shape index (κ3) is 5.21. The number of hydrogen-bond acceptors (Lipinski definition) is 7.